The smallest absolute Gasteiger partial charge is 0.101 e. The van der Waals surface area contributed by atoms with E-state index >= 15 is 0 Å². The summed E-state index contributed by atoms with van der Waals surface area (Å²) in [5.41, 5.74) is 1.21. The van der Waals surface area contributed by atoms with Crippen LogP contribution in [0.4, 0.5) is 0 Å². The Morgan fingerprint density at radius 3 is 2.79 bits per heavy atom. The predicted molar refractivity (Wildman–Crippen MR) is 81.9 cm³/mol. The molecule has 19 heavy (non-hydrogen) atoms. The van der Waals surface area contributed by atoms with Gasteiger partial charge in [-0.2, -0.15) is 0 Å². The van der Waals surface area contributed by atoms with Gasteiger partial charge in [-0.1, -0.05) is 42.4 Å². The molecule has 2 rings (SSSR count). The highest BCUT2D eigenvalue weighted by Gasteiger charge is 2.05. The Labute approximate surface area is 123 Å². The number of pyridine rings is 1. The summed E-state index contributed by atoms with van der Waals surface area (Å²) in [6.07, 6.45) is 1.93. The first kappa shape index (κ1) is 14.4. The Kier molecular flexibility index (Phi) is 5.25. The van der Waals surface area contributed by atoms with Gasteiger partial charge in [-0.05, 0) is 43.3 Å². The lowest BCUT2D eigenvalue weighted by atomic mass is 10.1. The Morgan fingerprint density at radius 1 is 1.32 bits per heavy atom. The molecular formula is C15H17ClN2S. The van der Waals surface area contributed by atoms with Gasteiger partial charge < -0.3 is 5.32 Å². The number of aromatic nitrogens is 1. The van der Waals surface area contributed by atoms with Gasteiger partial charge in [-0.15, -0.1) is 0 Å². The summed E-state index contributed by atoms with van der Waals surface area (Å²) in [7, 11) is 0. The number of rotatable bonds is 5. The molecule has 1 aromatic heterocycles. The number of nitrogens with one attached hydrogen (secondary N) is 1. The lowest BCUT2D eigenvalue weighted by Crippen LogP contribution is -2.17. The second-order valence-electron chi connectivity index (χ2n) is 4.27. The van der Waals surface area contributed by atoms with Crippen LogP contribution >= 0.6 is 23.4 Å². The summed E-state index contributed by atoms with van der Waals surface area (Å²) in [6, 6.07) is 12.3. The van der Waals surface area contributed by atoms with Gasteiger partial charge in [0.25, 0.3) is 0 Å². The lowest BCUT2D eigenvalue weighted by molar-refractivity contribution is 0.595. The Bertz CT molecular complexity index is 528. The van der Waals surface area contributed by atoms with E-state index in [0.717, 1.165) is 21.5 Å². The summed E-state index contributed by atoms with van der Waals surface area (Å²) in [5, 5.41) is 5.11. The second kappa shape index (κ2) is 6.94. The van der Waals surface area contributed by atoms with Crippen LogP contribution in [0.25, 0.3) is 0 Å². The zero-order valence-electron chi connectivity index (χ0n) is 11.1. The fourth-order valence-electron chi connectivity index (χ4n) is 1.78. The average molecular weight is 293 g/mol. The topological polar surface area (TPSA) is 24.9 Å². The Balaban J connectivity index is 2.06. The minimum absolute atomic E-state index is 0.336. The van der Waals surface area contributed by atoms with Gasteiger partial charge >= 0.3 is 0 Å². The SMILES string of the molecule is CCNC(C)c1ccc(Sc2cccc(Cl)c2)nc1. The number of benzene rings is 1. The van der Waals surface area contributed by atoms with E-state index in [-0.39, 0.29) is 0 Å². The number of hydrogen-bond donors (Lipinski definition) is 1. The molecule has 1 N–H and O–H groups in total. The van der Waals surface area contributed by atoms with E-state index in [4.69, 9.17) is 11.6 Å². The summed E-state index contributed by atoms with van der Waals surface area (Å²) in [4.78, 5) is 5.59. The van der Waals surface area contributed by atoms with Crippen molar-refractivity contribution in [3.63, 3.8) is 0 Å². The van der Waals surface area contributed by atoms with Gasteiger partial charge in [0.05, 0.1) is 0 Å². The van der Waals surface area contributed by atoms with Crippen molar-refractivity contribution >= 4 is 23.4 Å². The summed E-state index contributed by atoms with van der Waals surface area (Å²) >= 11 is 7.59. The largest absolute Gasteiger partial charge is 0.310 e. The molecule has 0 aliphatic heterocycles. The van der Waals surface area contributed by atoms with Gasteiger partial charge in [0.1, 0.15) is 5.03 Å². The molecule has 0 saturated carbocycles. The van der Waals surface area contributed by atoms with Crippen LogP contribution in [0, 0.1) is 0 Å². The fourth-order valence-corrected chi connectivity index (χ4v) is 2.85. The van der Waals surface area contributed by atoms with Crippen LogP contribution in [-0.2, 0) is 0 Å². The molecule has 1 unspecified atom stereocenters. The highest BCUT2D eigenvalue weighted by Crippen LogP contribution is 2.28. The second-order valence-corrected chi connectivity index (χ2v) is 5.80. The van der Waals surface area contributed by atoms with Crippen LogP contribution in [-0.4, -0.2) is 11.5 Å². The van der Waals surface area contributed by atoms with E-state index in [1.807, 2.05) is 30.5 Å². The number of halogens is 1. The van der Waals surface area contributed by atoms with E-state index in [9.17, 15) is 0 Å². The molecule has 0 aliphatic carbocycles. The molecule has 4 heteroatoms. The first-order chi connectivity index (χ1) is 9.19. The molecule has 2 nitrogen and oxygen atoms in total. The predicted octanol–water partition coefficient (Wildman–Crippen LogP) is 4.56. The summed E-state index contributed by atoms with van der Waals surface area (Å²) in [6.45, 7) is 5.21. The third kappa shape index (κ3) is 4.23. The third-order valence-electron chi connectivity index (χ3n) is 2.79. The molecule has 1 atom stereocenters. The van der Waals surface area contributed by atoms with Crippen molar-refractivity contribution in [2.45, 2.75) is 29.8 Å². The Morgan fingerprint density at radius 2 is 2.16 bits per heavy atom. The third-order valence-corrected chi connectivity index (χ3v) is 3.96. The lowest BCUT2D eigenvalue weighted by Gasteiger charge is -2.12. The molecule has 0 bridgehead atoms. The zero-order chi connectivity index (χ0) is 13.7. The fraction of sp³-hybridized carbons (Fsp3) is 0.267. The monoisotopic (exact) mass is 292 g/mol. The van der Waals surface area contributed by atoms with E-state index in [1.54, 1.807) is 11.8 Å². The van der Waals surface area contributed by atoms with Gasteiger partial charge in [0, 0.05) is 22.2 Å². The van der Waals surface area contributed by atoms with Crippen LogP contribution < -0.4 is 5.32 Å². The highest BCUT2D eigenvalue weighted by molar-refractivity contribution is 7.99. The van der Waals surface area contributed by atoms with Crippen LogP contribution in [0.15, 0.2) is 52.5 Å². The molecule has 0 aliphatic rings. The summed E-state index contributed by atoms with van der Waals surface area (Å²) < 4.78 is 0. The van der Waals surface area contributed by atoms with Crippen molar-refractivity contribution in [1.82, 2.24) is 10.3 Å². The van der Waals surface area contributed by atoms with Gasteiger partial charge in [0.15, 0.2) is 0 Å². The van der Waals surface area contributed by atoms with E-state index in [2.05, 4.69) is 36.3 Å². The molecule has 100 valence electrons. The molecule has 0 spiro atoms. The normalized spacial score (nSPS) is 12.4. The molecule has 0 fully saturated rings. The maximum Gasteiger partial charge on any atom is 0.101 e. The van der Waals surface area contributed by atoms with Crippen molar-refractivity contribution in [2.75, 3.05) is 6.54 Å². The summed E-state index contributed by atoms with van der Waals surface area (Å²) in [5.74, 6) is 0. The molecule has 0 radical (unpaired) electrons. The van der Waals surface area contributed by atoms with Gasteiger partial charge in [-0.3, -0.25) is 0 Å². The van der Waals surface area contributed by atoms with Crippen molar-refractivity contribution in [3.8, 4) is 0 Å². The standard InChI is InChI=1S/C15H17ClN2S/c1-3-17-11(2)12-7-8-15(18-10-12)19-14-6-4-5-13(16)9-14/h4-11,17H,3H2,1-2H3. The van der Waals surface area contributed by atoms with Crippen molar-refractivity contribution in [3.05, 3.63) is 53.2 Å². The van der Waals surface area contributed by atoms with Crippen molar-refractivity contribution < 1.29 is 0 Å². The number of hydrogen-bond acceptors (Lipinski definition) is 3. The number of nitrogens with zero attached hydrogens (tertiary/aromatic N) is 1. The van der Waals surface area contributed by atoms with Crippen LogP contribution in [0.3, 0.4) is 0 Å². The van der Waals surface area contributed by atoms with E-state index in [0.29, 0.717) is 6.04 Å². The molecule has 2 aromatic rings. The van der Waals surface area contributed by atoms with Crippen molar-refractivity contribution in [2.24, 2.45) is 0 Å². The van der Waals surface area contributed by atoms with E-state index in [1.165, 1.54) is 5.56 Å². The highest BCUT2D eigenvalue weighted by atomic mass is 35.5. The van der Waals surface area contributed by atoms with Crippen LogP contribution in [0.5, 0.6) is 0 Å². The molecule has 0 saturated heterocycles. The quantitative estimate of drug-likeness (QED) is 0.874. The molecule has 0 amide bonds. The van der Waals surface area contributed by atoms with Crippen LogP contribution in [0.1, 0.15) is 25.5 Å². The minimum Gasteiger partial charge on any atom is -0.310 e. The van der Waals surface area contributed by atoms with Gasteiger partial charge in [0.2, 0.25) is 0 Å². The van der Waals surface area contributed by atoms with Crippen molar-refractivity contribution in [1.29, 1.82) is 0 Å². The molecule has 1 heterocycles. The first-order valence-electron chi connectivity index (χ1n) is 6.32. The van der Waals surface area contributed by atoms with E-state index < -0.39 is 0 Å². The first-order valence-corrected chi connectivity index (χ1v) is 7.51. The molecule has 1 aromatic carbocycles. The Hall–Kier alpha value is -1.03. The zero-order valence-corrected chi connectivity index (χ0v) is 12.6. The van der Waals surface area contributed by atoms with Gasteiger partial charge in [-0.25, -0.2) is 4.98 Å². The maximum absolute atomic E-state index is 5.97. The van der Waals surface area contributed by atoms with Crippen LogP contribution in [0.2, 0.25) is 5.02 Å². The minimum atomic E-state index is 0.336. The molecular weight excluding hydrogens is 276 g/mol. The average Bonchev–Trinajstić information content (AvgIpc) is 2.40. The maximum atomic E-state index is 5.97.